The fraction of sp³-hybridized carbons (Fsp3) is 0.353. The van der Waals surface area contributed by atoms with Crippen molar-refractivity contribution in [2.45, 2.75) is 70.3 Å². The predicted molar refractivity (Wildman–Crippen MR) is 147 cm³/mol. The van der Waals surface area contributed by atoms with Gasteiger partial charge in [-0.15, -0.1) is 0 Å². The van der Waals surface area contributed by atoms with Crippen LogP contribution < -0.4 is 0 Å². The van der Waals surface area contributed by atoms with Gasteiger partial charge in [0.2, 0.25) is 0 Å². The van der Waals surface area contributed by atoms with Crippen LogP contribution in [-0.4, -0.2) is 0 Å². The van der Waals surface area contributed by atoms with Gasteiger partial charge in [0.1, 0.15) is 0 Å². The van der Waals surface area contributed by atoms with Gasteiger partial charge in [-0.2, -0.15) is 0 Å². The van der Waals surface area contributed by atoms with Crippen molar-refractivity contribution >= 4 is 0 Å². The molecule has 0 nitrogen and oxygen atoms in total. The predicted octanol–water partition coefficient (Wildman–Crippen LogP) is 9.53. The van der Waals surface area contributed by atoms with Gasteiger partial charge in [-0.1, -0.05) is 0 Å². The second-order valence-electron chi connectivity index (χ2n) is 10.8. The third kappa shape index (κ3) is 4.81. The van der Waals surface area contributed by atoms with Crippen molar-refractivity contribution in [1.82, 2.24) is 0 Å². The van der Waals surface area contributed by atoms with Crippen molar-refractivity contribution < 1.29 is 16.6 Å². The molecule has 0 aliphatic heterocycles. The van der Waals surface area contributed by atoms with E-state index in [4.69, 9.17) is 0 Å². The molecule has 1 atom stereocenters. The zero-order chi connectivity index (χ0) is 24.1. The minimum absolute atomic E-state index is 0.280. The van der Waals surface area contributed by atoms with E-state index in [1.54, 1.807) is 27.8 Å². The second-order valence-corrected chi connectivity index (χ2v) is 17.8. The fourth-order valence-electron chi connectivity index (χ4n) is 7.32. The van der Waals surface area contributed by atoms with Crippen molar-refractivity contribution in [1.29, 1.82) is 0 Å². The number of rotatable bonds is 9. The molecule has 0 bridgehead atoms. The molecule has 35 heavy (non-hydrogen) atoms. The number of hydrogen-bond donors (Lipinski definition) is 0. The van der Waals surface area contributed by atoms with E-state index in [2.05, 4.69) is 111 Å². The SMILES string of the molecule is CCC1=C[C](CC)([Ti]([CH2]c2ccccc2)([CH2]c2ccccc2)[CH2]c2ccccc2)C2=C1CCCC2. The van der Waals surface area contributed by atoms with Gasteiger partial charge in [0.05, 0.1) is 0 Å². The first-order chi connectivity index (χ1) is 17.2. The van der Waals surface area contributed by atoms with Crippen LogP contribution in [0.3, 0.4) is 0 Å². The molecule has 3 aromatic carbocycles. The fourth-order valence-corrected chi connectivity index (χ4v) is 17.5. The van der Waals surface area contributed by atoms with E-state index in [9.17, 15) is 0 Å². The molecule has 0 N–H and O–H groups in total. The van der Waals surface area contributed by atoms with Crippen LogP contribution in [0.5, 0.6) is 0 Å². The van der Waals surface area contributed by atoms with E-state index in [0.29, 0.717) is 0 Å². The van der Waals surface area contributed by atoms with Gasteiger partial charge in [-0.25, -0.2) is 0 Å². The summed E-state index contributed by atoms with van der Waals surface area (Å²) in [5.74, 6) is 0. The Kier molecular flexibility index (Phi) is 7.61. The van der Waals surface area contributed by atoms with Gasteiger partial charge in [0.25, 0.3) is 0 Å². The molecule has 3 aromatic rings. The van der Waals surface area contributed by atoms with Crippen LogP contribution in [-0.2, 0) is 30.8 Å². The van der Waals surface area contributed by atoms with Crippen molar-refractivity contribution in [2.75, 3.05) is 0 Å². The van der Waals surface area contributed by atoms with Crippen LogP contribution in [0.1, 0.15) is 69.1 Å². The number of hydrogen-bond acceptors (Lipinski definition) is 0. The summed E-state index contributed by atoms with van der Waals surface area (Å²) in [5.41, 5.74) is 9.96. The average molecular weight is 497 g/mol. The Morgan fingerprint density at radius 2 is 1.09 bits per heavy atom. The van der Waals surface area contributed by atoms with E-state index in [-0.39, 0.29) is 3.72 Å². The quantitative estimate of drug-likeness (QED) is 0.259. The van der Waals surface area contributed by atoms with Gasteiger partial charge >= 0.3 is 217 Å². The molecule has 0 aromatic heterocycles. The maximum atomic E-state index is 2.86. The minimum atomic E-state index is -2.77. The maximum absolute atomic E-state index is 2.86. The first kappa shape index (κ1) is 24.5. The van der Waals surface area contributed by atoms with Crippen molar-refractivity contribution in [2.24, 2.45) is 0 Å². The molecule has 0 heterocycles. The Hall–Kier alpha value is -2.15. The average Bonchev–Trinajstić information content (AvgIpc) is 3.26. The Bertz CT molecular complexity index is 1070. The monoisotopic (exact) mass is 496 g/mol. The van der Waals surface area contributed by atoms with Crippen LogP contribution in [0, 0.1) is 0 Å². The zero-order valence-electron chi connectivity index (χ0n) is 21.6. The van der Waals surface area contributed by atoms with Crippen LogP contribution in [0.25, 0.3) is 0 Å². The first-order valence-corrected chi connectivity index (χ1v) is 17.9. The Balaban J connectivity index is 1.75. The summed E-state index contributed by atoms with van der Waals surface area (Å²) in [6, 6.07) is 34.4. The summed E-state index contributed by atoms with van der Waals surface area (Å²) in [6.45, 7) is 4.90. The Labute approximate surface area is 216 Å². The zero-order valence-corrected chi connectivity index (χ0v) is 23.2. The van der Waals surface area contributed by atoms with Crippen LogP contribution in [0.2, 0.25) is 3.72 Å². The molecular weight excluding hydrogens is 456 g/mol. The molecule has 0 saturated heterocycles. The third-order valence-corrected chi connectivity index (χ3v) is 18.1. The van der Waals surface area contributed by atoms with E-state index in [0.717, 1.165) is 0 Å². The van der Waals surface area contributed by atoms with Gasteiger partial charge in [-0.05, 0) is 0 Å². The Morgan fingerprint density at radius 3 is 1.51 bits per heavy atom. The topological polar surface area (TPSA) is 0 Å². The summed E-state index contributed by atoms with van der Waals surface area (Å²) in [7, 11) is 0. The van der Waals surface area contributed by atoms with Gasteiger partial charge in [0.15, 0.2) is 0 Å². The summed E-state index contributed by atoms with van der Waals surface area (Å²) >= 11 is -2.77. The second kappa shape index (κ2) is 10.9. The summed E-state index contributed by atoms with van der Waals surface area (Å²) < 4.78 is 4.12. The third-order valence-electron chi connectivity index (χ3n) is 8.86. The van der Waals surface area contributed by atoms with Crippen molar-refractivity contribution in [3.8, 4) is 0 Å². The van der Waals surface area contributed by atoms with Crippen LogP contribution >= 0.6 is 0 Å². The Morgan fingerprint density at radius 1 is 0.629 bits per heavy atom. The van der Waals surface area contributed by atoms with Crippen molar-refractivity contribution in [3.63, 3.8) is 0 Å². The van der Waals surface area contributed by atoms with E-state index >= 15 is 0 Å². The molecule has 180 valence electrons. The normalized spacial score (nSPS) is 20.0. The van der Waals surface area contributed by atoms with E-state index < -0.39 is 16.6 Å². The molecule has 1 heteroatoms. The van der Waals surface area contributed by atoms with Gasteiger partial charge in [0, 0.05) is 0 Å². The molecule has 0 amide bonds. The van der Waals surface area contributed by atoms with Gasteiger partial charge in [-0.3, -0.25) is 0 Å². The molecule has 0 saturated carbocycles. The standard InChI is InChI=1S/C13H19.3C7H7.Ti/c1-3-10-9-11(4-2)13-8-6-5-7-12(10)13;3*1-7-5-3-2-4-6-7;/h9H,3-8H2,1-2H3;3*2-6H,1H2;. The molecule has 2 aliphatic rings. The van der Waals surface area contributed by atoms with Crippen LogP contribution in [0.15, 0.2) is 114 Å². The van der Waals surface area contributed by atoms with Gasteiger partial charge < -0.3 is 0 Å². The molecule has 5 rings (SSSR count). The van der Waals surface area contributed by atoms with E-state index in [1.165, 1.54) is 52.7 Å². The molecule has 0 spiro atoms. The molecular formula is C34H40Ti. The molecule has 0 radical (unpaired) electrons. The number of benzene rings is 3. The first-order valence-electron chi connectivity index (χ1n) is 13.8. The molecule has 2 aliphatic carbocycles. The number of allylic oxidation sites excluding steroid dienone is 4. The summed E-state index contributed by atoms with van der Waals surface area (Å²) in [5, 5.41) is 0. The van der Waals surface area contributed by atoms with Crippen LogP contribution in [0.4, 0.5) is 0 Å². The van der Waals surface area contributed by atoms with Crippen molar-refractivity contribution in [3.05, 3.63) is 130 Å². The molecule has 1 unspecified atom stereocenters. The van der Waals surface area contributed by atoms with E-state index in [1.807, 2.05) is 5.57 Å². The summed E-state index contributed by atoms with van der Waals surface area (Å²) in [4.78, 5) is 0. The summed E-state index contributed by atoms with van der Waals surface area (Å²) in [6.07, 6.45) is 10.6. The molecule has 0 fully saturated rings.